The maximum atomic E-state index is 5.24. The zero-order valence-corrected chi connectivity index (χ0v) is 10.3. The normalized spacial score (nSPS) is 10.8. The van der Waals surface area contributed by atoms with Crippen molar-refractivity contribution in [2.24, 2.45) is 0 Å². The molecule has 2 heteroatoms. The number of hydrogen-bond donors (Lipinski definition) is 1. The Labute approximate surface area is 87.6 Å². The minimum atomic E-state index is -1.25. The SMILES string of the molecule is C#CNc1cccc([Si](C)(C)C)c1C. The average Bonchev–Trinajstić information content (AvgIpc) is 2.07. The highest BCUT2D eigenvalue weighted by Crippen LogP contribution is 2.15. The summed E-state index contributed by atoms with van der Waals surface area (Å²) in [6.45, 7) is 9.16. The van der Waals surface area contributed by atoms with E-state index in [1.807, 2.05) is 6.07 Å². The molecule has 0 amide bonds. The third-order valence-corrected chi connectivity index (χ3v) is 4.51. The van der Waals surface area contributed by atoms with E-state index in [1.165, 1.54) is 10.8 Å². The zero-order valence-electron chi connectivity index (χ0n) is 9.31. The first kappa shape index (κ1) is 10.9. The van der Waals surface area contributed by atoms with Gasteiger partial charge in [0.05, 0.1) is 8.07 Å². The van der Waals surface area contributed by atoms with Gasteiger partial charge in [-0.2, -0.15) is 0 Å². The molecule has 1 aromatic rings. The maximum Gasteiger partial charge on any atom is 0.0780 e. The molecule has 0 aliphatic carbocycles. The van der Waals surface area contributed by atoms with Crippen LogP contribution >= 0.6 is 0 Å². The summed E-state index contributed by atoms with van der Waals surface area (Å²) in [6.07, 6.45) is 5.24. The Hall–Kier alpha value is -1.20. The molecular weight excluding hydrogens is 186 g/mol. The van der Waals surface area contributed by atoms with E-state index in [-0.39, 0.29) is 0 Å². The van der Waals surface area contributed by atoms with Crippen LogP contribution in [0.1, 0.15) is 5.56 Å². The summed E-state index contributed by atoms with van der Waals surface area (Å²) >= 11 is 0. The van der Waals surface area contributed by atoms with Crippen LogP contribution in [0.3, 0.4) is 0 Å². The molecule has 1 rings (SSSR count). The molecule has 1 aromatic carbocycles. The fraction of sp³-hybridized carbons (Fsp3) is 0.333. The van der Waals surface area contributed by atoms with E-state index in [4.69, 9.17) is 6.42 Å². The Morgan fingerprint density at radius 2 is 1.93 bits per heavy atom. The van der Waals surface area contributed by atoms with Crippen LogP contribution in [0.4, 0.5) is 5.69 Å². The molecule has 0 atom stereocenters. The predicted octanol–water partition coefficient (Wildman–Crippen LogP) is 2.54. The van der Waals surface area contributed by atoms with Crippen molar-refractivity contribution in [3.8, 4) is 12.5 Å². The van der Waals surface area contributed by atoms with Gasteiger partial charge in [0.15, 0.2) is 0 Å². The van der Waals surface area contributed by atoms with Crippen molar-refractivity contribution in [3.05, 3.63) is 23.8 Å². The van der Waals surface area contributed by atoms with E-state index in [0.29, 0.717) is 0 Å². The molecule has 1 nitrogen and oxygen atoms in total. The van der Waals surface area contributed by atoms with E-state index in [9.17, 15) is 0 Å². The molecule has 0 saturated carbocycles. The van der Waals surface area contributed by atoms with Crippen molar-refractivity contribution in [2.45, 2.75) is 26.6 Å². The molecule has 1 N–H and O–H groups in total. The average molecular weight is 203 g/mol. The Balaban J connectivity index is 3.22. The highest BCUT2D eigenvalue weighted by molar-refractivity contribution is 6.89. The Morgan fingerprint density at radius 3 is 2.43 bits per heavy atom. The highest BCUT2D eigenvalue weighted by atomic mass is 28.3. The monoisotopic (exact) mass is 203 g/mol. The summed E-state index contributed by atoms with van der Waals surface area (Å²) in [4.78, 5) is 0. The number of hydrogen-bond acceptors (Lipinski definition) is 1. The first-order valence-corrected chi connectivity index (χ1v) is 8.28. The topological polar surface area (TPSA) is 12.0 Å². The smallest absolute Gasteiger partial charge is 0.0780 e. The summed E-state index contributed by atoms with van der Waals surface area (Å²) in [6, 6.07) is 8.78. The van der Waals surface area contributed by atoms with Gasteiger partial charge in [-0.1, -0.05) is 43.4 Å². The first-order chi connectivity index (χ1) is 6.46. The van der Waals surface area contributed by atoms with Crippen LogP contribution in [0.25, 0.3) is 0 Å². The van der Waals surface area contributed by atoms with Gasteiger partial charge in [-0.05, 0) is 18.6 Å². The minimum absolute atomic E-state index is 1.06. The standard InChI is InChI=1S/C12H17NSi/c1-6-13-11-8-7-9-12(10(11)2)14(3,4)5/h1,7-9,13H,2-5H3. The van der Waals surface area contributed by atoms with Gasteiger partial charge in [-0.15, -0.1) is 0 Å². The number of benzene rings is 1. The van der Waals surface area contributed by atoms with Gasteiger partial charge in [-0.25, -0.2) is 0 Å². The Morgan fingerprint density at radius 1 is 1.29 bits per heavy atom. The molecule has 74 valence electrons. The number of nitrogens with one attached hydrogen (secondary N) is 1. The summed E-state index contributed by atoms with van der Waals surface area (Å²) in [5.41, 5.74) is 2.36. The molecule has 0 spiro atoms. The summed E-state index contributed by atoms with van der Waals surface area (Å²) in [5, 5.41) is 4.41. The van der Waals surface area contributed by atoms with Crippen LogP contribution in [0.5, 0.6) is 0 Å². The van der Waals surface area contributed by atoms with E-state index >= 15 is 0 Å². The van der Waals surface area contributed by atoms with Crippen molar-refractivity contribution < 1.29 is 0 Å². The van der Waals surface area contributed by atoms with Crippen molar-refractivity contribution in [1.29, 1.82) is 0 Å². The molecule has 0 radical (unpaired) electrons. The molecule has 0 aliphatic heterocycles. The van der Waals surface area contributed by atoms with Crippen molar-refractivity contribution in [3.63, 3.8) is 0 Å². The van der Waals surface area contributed by atoms with Gasteiger partial charge in [-0.3, -0.25) is 0 Å². The summed E-state index contributed by atoms with van der Waals surface area (Å²) in [5.74, 6) is 0. The van der Waals surface area contributed by atoms with Crippen molar-refractivity contribution in [1.82, 2.24) is 0 Å². The molecule has 0 fully saturated rings. The van der Waals surface area contributed by atoms with Crippen molar-refractivity contribution in [2.75, 3.05) is 5.32 Å². The van der Waals surface area contributed by atoms with Gasteiger partial charge in [0.2, 0.25) is 0 Å². The van der Waals surface area contributed by atoms with Gasteiger partial charge in [0, 0.05) is 11.7 Å². The molecule has 0 heterocycles. The van der Waals surface area contributed by atoms with Gasteiger partial charge >= 0.3 is 0 Å². The van der Waals surface area contributed by atoms with Gasteiger partial charge in [0.25, 0.3) is 0 Å². The zero-order chi connectivity index (χ0) is 10.8. The lowest BCUT2D eigenvalue weighted by Crippen LogP contribution is -2.39. The Bertz CT molecular complexity index is 369. The second-order valence-corrected chi connectivity index (χ2v) is 9.54. The van der Waals surface area contributed by atoms with Crippen LogP contribution in [-0.2, 0) is 0 Å². The lowest BCUT2D eigenvalue weighted by Gasteiger charge is -2.21. The summed E-state index contributed by atoms with van der Waals surface area (Å²) in [7, 11) is -1.25. The third kappa shape index (κ3) is 2.18. The first-order valence-electron chi connectivity index (χ1n) is 4.78. The molecule has 0 aliphatic rings. The number of anilines is 1. The van der Waals surface area contributed by atoms with Crippen molar-refractivity contribution >= 4 is 18.9 Å². The van der Waals surface area contributed by atoms with Crippen LogP contribution < -0.4 is 10.5 Å². The minimum Gasteiger partial charge on any atom is -0.315 e. The second kappa shape index (κ2) is 3.89. The van der Waals surface area contributed by atoms with Crippen LogP contribution in [0.2, 0.25) is 19.6 Å². The predicted molar refractivity (Wildman–Crippen MR) is 66.6 cm³/mol. The van der Waals surface area contributed by atoms with E-state index in [2.05, 4.69) is 50.1 Å². The van der Waals surface area contributed by atoms with E-state index < -0.39 is 8.07 Å². The molecular formula is C12H17NSi. The van der Waals surface area contributed by atoms with Crippen LogP contribution in [0, 0.1) is 19.4 Å². The fourth-order valence-electron chi connectivity index (χ4n) is 1.66. The molecule has 0 bridgehead atoms. The fourth-order valence-corrected chi connectivity index (χ4v) is 3.52. The molecule has 0 saturated heterocycles. The maximum absolute atomic E-state index is 5.24. The van der Waals surface area contributed by atoms with E-state index in [1.54, 1.807) is 0 Å². The second-order valence-electron chi connectivity index (χ2n) is 4.50. The molecule has 14 heavy (non-hydrogen) atoms. The third-order valence-electron chi connectivity index (χ3n) is 2.35. The van der Waals surface area contributed by atoms with Crippen LogP contribution in [-0.4, -0.2) is 8.07 Å². The molecule has 0 unspecified atom stereocenters. The van der Waals surface area contributed by atoms with E-state index in [0.717, 1.165) is 5.69 Å². The quantitative estimate of drug-likeness (QED) is 0.442. The Kier molecular flexibility index (Phi) is 3.02. The van der Waals surface area contributed by atoms with Gasteiger partial charge in [0.1, 0.15) is 0 Å². The molecule has 0 aromatic heterocycles. The number of terminal acetylenes is 1. The van der Waals surface area contributed by atoms with Crippen LogP contribution in [0.15, 0.2) is 18.2 Å². The lowest BCUT2D eigenvalue weighted by molar-refractivity contribution is 1.47. The largest absolute Gasteiger partial charge is 0.315 e. The highest BCUT2D eigenvalue weighted by Gasteiger charge is 2.19. The van der Waals surface area contributed by atoms with Gasteiger partial charge < -0.3 is 5.32 Å². The number of rotatable bonds is 2. The summed E-state index contributed by atoms with van der Waals surface area (Å²) < 4.78 is 0. The lowest BCUT2D eigenvalue weighted by atomic mass is 10.2.